The van der Waals surface area contributed by atoms with Crippen LogP contribution < -0.4 is 25.2 Å². The molecule has 1 aromatic heterocycles. The molecule has 21 heteroatoms. The molecule has 0 bridgehead atoms. The molecule has 0 spiro atoms. The van der Waals surface area contributed by atoms with Crippen molar-refractivity contribution >= 4 is 71.9 Å². The molecule has 14 nitrogen and oxygen atoms in total. The number of hydrogen-bond acceptors (Lipinski definition) is 12. The van der Waals surface area contributed by atoms with E-state index in [4.69, 9.17) is 11.6 Å². The number of sulfone groups is 1. The monoisotopic (exact) mass is 1120 g/mol. The summed E-state index contributed by atoms with van der Waals surface area (Å²) in [6, 6.07) is 34.1. The van der Waals surface area contributed by atoms with Gasteiger partial charge in [0.1, 0.15) is 4.90 Å². The summed E-state index contributed by atoms with van der Waals surface area (Å²) >= 11 is 7.76. The van der Waals surface area contributed by atoms with Crippen LogP contribution in [-0.4, -0.2) is 138 Å². The van der Waals surface area contributed by atoms with E-state index in [1.807, 2.05) is 87.7 Å². The van der Waals surface area contributed by atoms with Gasteiger partial charge in [0.25, 0.3) is 25.8 Å². The quantitative estimate of drug-likeness (QED) is 0.0606. The van der Waals surface area contributed by atoms with Gasteiger partial charge in [0, 0.05) is 116 Å². The fraction of sp³-hybridized carbons (Fsp3) is 0.364. The Hall–Kier alpha value is -5.74. The molecule has 0 radical (unpaired) electrons. The van der Waals surface area contributed by atoms with Crippen LogP contribution in [0.15, 0.2) is 136 Å². The number of nitrogens with one attached hydrogen (secondary N) is 3. The first-order chi connectivity index (χ1) is 36.2. The molecular weight excluding hydrogens is 1060 g/mol. The van der Waals surface area contributed by atoms with Gasteiger partial charge in [-0.3, -0.25) is 9.52 Å². The molecular formula is C55H62ClF3N8O6S3. The Kier molecular flexibility index (Phi) is 16.7. The fourth-order valence-electron chi connectivity index (χ4n) is 10.1. The van der Waals surface area contributed by atoms with Gasteiger partial charge in [-0.05, 0) is 123 Å². The minimum absolute atomic E-state index is 0.0670. The van der Waals surface area contributed by atoms with Crippen LogP contribution in [-0.2, 0) is 26.9 Å². The molecule has 3 fully saturated rings. The van der Waals surface area contributed by atoms with Gasteiger partial charge in [-0.15, -0.1) is 11.8 Å². The van der Waals surface area contributed by atoms with Crippen molar-refractivity contribution in [1.82, 2.24) is 19.7 Å². The van der Waals surface area contributed by atoms with Gasteiger partial charge in [-0.1, -0.05) is 54.1 Å². The predicted octanol–water partition coefficient (Wildman–Crippen LogP) is 9.21. The van der Waals surface area contributed by atoms with Crippen molar-refractivity contribution in [1.29, 1.82) is 0 Å². The fourth-order valence-corrected chi connectivity index (χ4v) is 13.4. The second-order valence-corrected chi connectivity index (χ2v) is 24.9. The average molecular weight is 1120 g/mol. The second kappa shape index (κ2) is 23.1. The Labute approximate surface area is 452 Å². The largest absolute Gasteiger partial charge is 0.501 e. The number of hydrogen-bond donors (Lipinski definition) is 4. The molecule has 9 rings (SSSR count). The third kappa shape index (κ3) is 12.5. The topological polar surface area (TPSA) is 160 Å². The smallest absolute Gasteiger partial charge is 0.393 e. The van der Waals surface area contributed by atoms with Gasteiger partial charge in [0.05, 0.1) is 34.0 Å². The maximum absolute atomic E-state index is 14.3. The third-order valence-electron chi connectivity index (χ3n) is 14.5. The lowest BCUT2D eigenvalue weighted by Gasteiger charge is -2.37. The number of carbonyl (C=O) groups excluding carboxylic acids is 1. The number of thioether (sulfide) groups is 1. The number of sulfonamides is 1. The average Bonchev–Trinajstić information content (AvgIpc) is 3.69. The summed E-state index contributed by atoms with van der Waals surface area (Å²) in [5.41, 5.74) is 0.914. The highest BCUT2D eigenvalue weighted by Gasteiger charge is 2.48. The zero-order chi connectivity index (χ0) is 53.9. The van der Waals surface area contributed by atoms with Crippen LogP contribution in [0.25, 0.3) is 22.4 Å². The third-order valence-corrected chi connectivity index (χ3v) is 18.8. The van der Waals surface area contributed by atoms with E-state index in [0.717, 1.165) is 69.6 Å². The molecule has 3 aliphatic rings. The van der Waals surface area contributed by atoms with E-state index < -0.39 is 41.2 Å². The molecule has 404 valence electrons. The second-order valence-electron chi connectivity index (χ2n) is 19.8. The summed E-state index contributed by atoms with van der Waals surface area (Å²) in [6.45, 7) is 7.95. The lowest BCUT2D eigenvalue weighted by molar-refractivity contribution is -0.0435. The lowest BCUT2D eigenvalue weighted by atomic mass is 9.95. The number of likely N-dealkylation sites (tertiary alicyclic amines) is 2. The Balaban J connectivity index is 0.889. The summed E-state index contributed by atoms with van der Waals surface area (Å²) in [5.74, 6) is 0.254. The molecule has 4 N–H and O–H groups in total. The number of carbonyl (C=O) groups is 1. The standard InChI is InChI=1S/C55H62ClF3N8O6S3/c1-37-51(54(69)61-43-34-63(2)35-43)52(53(64(37)3)38-12-14-40(56)15-13-38)39-8-7-9-45(32-39)67-30-28-66(29-31-67)44-18-16-41(17-19-44)62-76(72,73)48-20-21-49(50(33-48)75(70,71)55(57,58)59)60-42(36-74-47-10-5-4-6-11-47)22-25-65-26-23-46(68)24-27-65/h4-21,32-33,42-43,46,60,62,68H,22-31,34-36H2,1-3H3,(H,61,69)/t42-/m1/s1. The molecule has 1 atom stereocenters. The minimum Gasteiger partial charge on any atom is -0.393 e. The molecule has 3 saturated heterocycles. The van der Waals surface area contributed by atoms with Crippen molar-refractivity contribution in [3.8, 4) is 22.4 Å². The van der Waals surface area contributed by atoms with Crippen LogP contribution in [0.2, 0.25) is 5.02 Å². The number of likely N-dealkylation sites (N-methyl/N-ethyl adjacent to an activating group) is 1. The number of piperidine rings is 1. The van der Waals surface area contributed by atoms with Gasteiger partial charge >= 0.3 is 5.51 Å². The number of piperazine rings is 1. The minimum atomic E-state index is -6.02. The van der Waals surface area contributed by atoms with E-state index in [9.17, 15) is 39.9 Å². The molecule has 1 amide bonds. The van der Waals surface area contributed by atoms with Crippen molar-refractivity contribution in [3.63, 3.8) is 0 Å². The zero-order valence-corrected chi connectivity index (χ0v) is 45.6. The molecule has 0 saturated carbocycles. The summed E-state index contributed by atoms with van der Waals surface area (Å²) < 4.78 is 102. The highest BCUT2D eigenvalue weighted by Crippen LogP contribution is 2.41. The number of amides is 1. The number of aliphatic hydroxyl groups excluding tert-OH is 1. The summed E-state index contributed by atoms with van der Waals surface area (Å²) in [4.78, 5) is 21.9. The Morgan fingerprint density at radius 1 is 0.789 bits per heavy atom. The molecule has 3 aliphatic heterocycles. The number of aliphatic hydroxyl groups is 1. The summed E-state index contributed by atoms with van der Waals surface area (Å²) in [6.07, 6.45) is 1.25. The highest BCUT2D eigenvalue weighted by molar-refractivity contribution is 7.99. The van der Waals surface area contributed by atoms with Crippen LogP contribution in [0.1, 0.15) is 35.3 Å². The molecule has 6 aromatic rings. The number of aromatic nitrogens is 1. The van der Waals surface area contributed by atoms with Gasteiger partial charge in [-0.2, -0.15) is 13.2 Å². The van der Waals surface area contributed by atoms with Gasteiger partial charge in [0.2, 0.25) is 0 Å². The number of benzene rings is 5. The van der Waals surface area contributed by atoms with E-state index in [1.165, 1.54) is 11.8 Å². The van der Waals surface area contributed by atoms with E-state index in [1.54, 1.807) is 24.3 Å². The van der Waals surface area contributed by atoms with Crippen molar-refractivity contribution in [2.24, 2.45) is 7.05 Å². The number of rotatable bonds is 18. The molecule has 0 unspecified atom stereocenters. The van der Waals surface area contributed by atoms with Crippen LogP contribution in [0, 0.1) is 6.92 Å². The molecule has 4 heterocycles. The normalized spacial score (nSPS) is 16.8. The van der Waals surface area contributed by atoms with Crippen LogP contribution in [0.5, 0.6) is 0 Å². The summed E-state index contributed by atoms with van der Waals surface area (Å²) in [5, 5.41) is 16.9. The van der Waals surface area contributed by atoms with Crippen LogP contribution in [0.4, 0.5) is 35.9 Å². The number of alkyl halides is 3. The zero-order valence-electron chi connectivity index (χ0n) is 42.4. The first-order valence-electron chi connectivity index (χ1n) is 25.2. The van der Waals surface area contributed by atoms with E-state index in [-0.39, 0.29) is 29.4 Å². The molecule has 76 heavy (non-hydrogen) atoms. The van der Waals surface area contributed by atoms with E-state index in [2.05, 4.69) is 51.7 Å². The van der Waals surface area contributed by atoms with Gasteiger partial charge in [-0.25, -0.2) is 16.8 Å². The van der Waals surface area contributed by atoms with Crippen LogP contribution >= 0.6 is 23.4 Å². The van der Waals surface area contributed by atoms with Crippen molar-refractivity contribution in [3.05, 3.63) is 138 Å². The highest BCUT2D eigenvalue weighted by atomic mass is 35.5. The molecule has 0 aliphatic carbocycles. The van der Waals surface area contributed by atoms with Crippen molar-refractivity contribution in [2.75, 3.05) is 91.5 Å². The van der Waals surface area contributed by atoms with Gasteiger partial charge < -0.3 is 39.9 Å². The Morgan fingerprint density at radius 2 is 1.45 bits per heavy atom. The van der Waals surface area contributed by atoms with Crippen molar-refractivity contribution < 1.29 is 39.9 Å². The van der Waals surface area contributed by atoms with Crippen LogP contribution in [0.3, 0.4) is 0 Å². The number of anilines is 4. The van der Waals surface area contributed by atoms with Gasteiger partial charge in [0.15, 0.2) is 0 Å². The maximum Gasteiger partial charge on any atom is 0.501 e. The first-order valence-corrected chi connectivity index (χ1v) is 29.5. The van der Waals surface area contributed by atoms with E-state index in [0.29, 0.717) is 87.5 Å². The first kappa shape index (κ1) is 55.0. The molecule has 5 aromatic carbocycles. The SMILES string of the molecule is Cc1c(C(=O)NC2CN(C)C2)c(-c2cccc(N3CCN(c4ccc(NS(=O)(=O)c5ccc(N[C@H](CCN6CCC(O)CC6)CSc6ccccc6)c(S(=O)(=O)C(F)(F)F)c5)cc4)CC3)c2)c(-c2ccc(Cl)cc2)n1C. The Bertz CT molecular complexity index is 3240. The van der Waals surface area contributed by atoms with Crippen molar-refractivity contribution in [2.45, 2.75) is 64.6 Å². The number of nitrogens with zero attached hydrogens (tertiary/aromatic N) is 5. The maximum atomic E-state index is 14.3. The van der Waals surface area contributed by atoms with E-state index >= 15 is 0 Å². The number of halogens is 4. The summed E-state index contributed by atoms with van der Waals surface area (Å²) in [7, 11) is -6.62. The lowest BCUT2D eigenvalue weighted by Crippen LogP contribution is -2.57. The Morgan fingerprint density at radius 3 is 2.09 bits per heavy atom. The predicted molar refractivity (Wildman–Crippen MR) is 297 cm³/mol.